The van der Waals surface area contributed by atoms with Crippen molar-refractivity contribution in [3.05, 3.63) is 30.3 Å². The van der Waals surface area contributed by atoms with Crippen LogP contribution in [0.15, 0.2) is 35.2 Å². The molecular weight excluding hydrogens is 435 g/mol. The molecule has 0 saturated heterocycles. The van der Waals surface area contributed by atoms with Crippen LogP contribution in [0.1, 0.15) is 12.8 Å². The minimum absolute atomic E-state index is 0. The molecule has 0 atom stereocenters. The van der Waals surface area contributed by atoms with Crippen molar-refractivity contribution in [3.63, 3.8) is 0 Å². The molecular formula is C12H16NNa3O11S. The summed E-state index contributed by atoms with van der Waals surface area (Å²) in [6.45, 7) is 0. The van der Waals surface area contributed by atoms with Gasteiger partial charge in [-0.15, -0.1) is 0 Å². The molecule has 12 nitrogen and oxygen atoms in total. The van der Waals surface area contributed by atoms with Crippen LogP contribution in [0.2, 0.25) is 0 Å². The van der Waals surface area contributed by atoms with Crippen molar-refractivity contribution in [2.75, 3.05) is 0 Å². The molecule has 1 aromatic carbocycles. The zero-order chi connectivity index (χ0) is 18.3. The van der Waals surface area contributed by atoms with Crippen LogP contribution in [-0.4, -0.2) is 48.0 Å². The number of aliphatic carboxylic acids is 3. The van der Waals surface area contributed by atoms with Gasteiger partial charge in [-0.05, 0) is 12.1 Å². The van der Waals surface area contributed by atoms with Crippen molar-refractivity contribution in [1.82, 2.24) is 0 Å². The van der Waals surface area contributed by atoms with E-state index in [2.05, 4.69) is 0 Å². The number of carboxylic acid groups (broad SMARTS) is 3. The quantitative estimate of drug-likeness (QED) is 0.388. The van der Waals surface area contributed by atoms with Gasteiger partial charge in [0.1, 0.15) is 5.60 Å². The molecule has 7 N–H and O–H groups in total. The smallest absolute Gasteiger partial charge is 0.550 e. The van der Waals surface area contributed by atoms with E-state index in [1.165, 1.54) is 12.1 Å². The molecule has 0 fully saturated rings. The van der Waals surface area contributed by atoms with Crippen molar-refractivity contribution in [1.29, 1.82) is 0 Å². The third kappa shape index (κ3) is 18.4. The predicted molar refractivity (Wildman–Crippen MR) is 74.2 cm³/mol. The second kappa shape index (κ2) is 19.4. The van der Waals surface area contributed by atoms with Crippen LogP contribution in [0.5, 0.6) is 0 Å². The SMILES string of the molecule is NS(=O)(=O)c1ccccc1.O.O.O=C([O-])CC(O)(CC(=O)[O-])C(=O)[O-].[Na+].[Na+].[Na+]. The van der Waals surface area contributed by atoms with Gasteiger partial charge in [-0.3, -0.25) is 0 Å². The first-order valence-electron chi connectivity index (χ1n) is 5.80. The molecule has 0 aromatic heterocycles. The van der Waals surface area contributed by atoms with E-state index in [0.717, 1.165) is 0 Å². The summed E-state index contributed by atoms with van der Waals surface area (Å²) in [7, 11) is -3.50. The topological polar surface area (TPSA) is 264 Å². The second-order valence-corrected chi connectivity index (χ2v) is 5.84. The predicted octanol–water partition coefficient (Wildman–Crippen LogP) is -15.6. The third-order valence-corrected chi connectivity index (χ3v) is 3.25. The Kier molecular flexibility index (Phi) is 29.4. The molecule has 1 aromatic rings. The molecule has 0 radical (unpaired) electrons. The minimum Gasteiger partial charge on any atom is -0.550 e. The molecule has 0 unspecified atom stereocenters. The number of carboxylic acids is 3. The number of primary sulfonamides is 1. The first kappa shape index (κ1) is 42.5. The summed E-state index contributed by atoms with van der Waals surface area (Å²) in [5.74, 6) is -5.98. The number of benzene rings is 1. The fraction of sp³-hybridized carbons (Fsp3) is 0.250. The summed E-state index contributed by atoms with van der Waals surface area (Å²) in [4.78, 5) is 30.1. The van der Waals surface area contributed by atoms with E-state index < -0.39 is 46.4 Å². The van der Waals surface area contributed by atoms with Gasteiger partial charge < -0.3 is 45.8 Å². The minimum atomic E-state index is -3.50. The number of hydrogen-bond donors (Lipinski definition) is 2. The Labute approximate surface area is 227 Å². The summed E-state index contributed by atoms with van der Waals surface area (Å²) in [6, 6.07) is 7.89. The van der Waals surface area contributed by atoms with Crippen LogP contribution in [0, 0.1) is 0 Å². The fourth-order valence-electron chi connectivity index (χ4n) is 1.29. The number of aliphatic hydroxyl groups is 1. The average molecular weight is 451 g/mol. The van der Waals surface area contributed by atoms with Crippen LogP contribution in [0.25, 0.3) is 0 Å². The van der Waals surface area contributed by atoms with Gasteiger partial charge in [0.15, 0.2) is 0 Å². The number of hydrogen-bond acceptors (Lipinski definition) is 9. The third-order valence-electron chi connectivity index (χ3n) is 2.33. The van der Waals surface area contributed by atoms with Gasteiger partial charge in [0.25, 0.3) is 0 Å². The Bertz CT molecular complexity index is 669. The van der Waals surface area contributed by atoms with Crippen molar-refractivity contribution in [2.45, 2.75) is 23.3 Å². The molecule has 0 bridgehead atoms. The van der Waals surface area contributed by atoms with Crippen LogP contribution >= 0.6 is 0 Å². The molecule has 0 saturated carbocycles. The molecule has 144 valence electrons. The van der Waals surface area contributed by atoms with Gasteiger partial charge in [-0.25, -0.2) is 13.6 Å². The summed E-state index contributed by atoms with van der Waals surface area (Å²) in [5.41, 5.74) is -2.97. The number of carbonyl (C=O) groups excluding carboxylic acids is 3. The van der Waals surface area contributed by atoms with E-state index >= 15 is 0 Å². The second-order valence-electron chi connectivity index (χ2n) is 4.27. The van der Waals surface area contributed by atoms with Crippen LogP contribution in [-0.2, 0) is 24.4 Å². The molecule has 0 aliphatic carbocycles. The zero-order valence-corrected chi connectivity index (χ0v) is 22.3. The fourth-order valence-corrected chi connectivity index (χ4v) is 1.83. The van der Waals surface area contributed by atoms with E-state index in [4.69, 9.17) is 10.2 Å². The zero-order valence-electron chi connectivity index (χ0n) is 15.5. The maximum atomic E-state index is 10.6. The van der Waals surface area contributed by atoms with E-state index in [1.807, 2.05) is 0 Å². The molecule has 0 amide bonds. The number of carbonyl (C=O) groups is 3. The summed E-state index contributed by atoms with van der Waals surface area (Å²) < 4.78 is 21.2. The van der Waals surface area contributed by atoms with E-state index in [0.29, 0.717) is 0 Å². The van der Waals surface area contributed by atoms with Gasteiger partial charge in [-0.1, -0.05) is 18.2 Å². The normalized spacial score (nSPS) is 9.07. The average Bonchev–Trinajstić information content (AvgIpc) is 2.37. The van der Waals surface area contributed by atoms with E-state index in [9.17, 15) is 38.1 Å². The van der Waals surface area contributed by atoms with E-state index in [-0.39, 0.29) is 105 Å². The Morgan fingerprint density at radius 2 is 1.21 bits per heavy atom. The molecule has 0 spiro atoms. The van der Waals surface area contributed by atoms with E-state index in [1.54, 1.807) is 18.2 Å². The van der Waals surface area contributed by atoms with Crippen LogP contribution in [0.4, 0.5) is 0 Å². The largest absolute Gasteiger partial charge is 1.00 e. The van der Waals surface area contributed by atoms with Crippen molar-refractivity contribution >= 4 is 27.9 Å². The number of nitrogens with two attached hydrogens (primary N) is 1. The van der Waals surface area contributed by atoms with Gasteiger partial charge >= 0.3 is 88.7 Å². The Morgan fingerprint density at radius 1 is 0.893 bits per heavy atom. The maximum absolute atomic E-state index is 10.6. The van der Waals surface area contributed by atoms with Gasteiger partial charge in [0.2, 0.25) is 10.0 Å². The first-order valence-corrected chi connectivity index (χ1v) is 7.34. The standard InChI is InChI=1S/C6H7NO2S.C6H8O7.3Na.2H2O/c7-10(8,9)6-4-2-1-3-5-6;7-3(8)1-6(13,5(11)12)2-4(9)10;;;;;/h1-5H,(H2,7,8,9);13H,1-2H2,(H,7,8)(H,9,10)(H,11,12);;;;2*1H2/q;;3*+1;;/p-3. The van der Waals surface area contributed by atoms with Gasteiger partial charge in [0, 0.05) is 24.8 Å². The summed E-state index contributed by atoms with van der Waals surface area (Å²) >= 11 is 0. The van der Waals surface area contributed by atoms with Crippen LogP contribution < -0.4 is 109 Å². The molecule has 0 aliphatic heterocycles. The summed E-state index contributed by atoms with van der Waals surface area (Å²) in [5, 5.41) is 43.8. The number of rotatable bonds is 6. The van der Waals surface area contributed by atoms with Crippen molar-refractivity contribution in [2.24, 2.45) is 5.14 Å². The molecule has 28 heavy (non-hydrogen) atoms. The molecule has 1 rings (SSSR count). The Morgan fingerprint density at radius 3 is 1.39 bits per heavy atom. The number of sulfonamides is 1. The van der Waals surface area contributed by atoms with Crippen molar-refractivity contribution < 1.29 is 143 Å². The van der Waals surface area contributed by atoms with Gasteiger partial charge in [-0.2, -0.15) is 0 Å². The molecule has 16 heteroatoms. The molecule has 0 heterocycles. The maximum Gasteiger partial charge on any atom is 1.00 e. The Balaban J connectivity index is -0.0000000746. The van der Waals surface area contributed by atoms with Crippen LogP contribution in [0.3, 0.4) is 0 Å². The summed E-state index contributed by atoms with van der Waals surface area (Å²) in [6.07, 6.45) is -2.72. The molecule has 0 aliphatic rings. The first-order chi connectivity index (χ1) is 10.4. The van der Waals surface area contributed by atoms with Crippen molar-refractivity contribution in [3.8, 4) is 0 Å². The Hall–Kier alpha value is 0.420. The van der Waals surface area contributed by atoms with Gasteiger partial charge in [0.05, 0.1) is 10.9 Å². The monoisotopic (exact) mass is 451 g/mol.